The summed E-state index contributed by atoms with van der Waals surface area (Å²) in [6, 6.07) is 10.7. The van der Waals surface area contributed by atoms with E-state index in [4.69, 9.17) is 4.74 Å². The van der Waals surface area contributed by atoms with Crippen molar-refractivity contribution in [3.63, 3.8) is 0 Å². The van der Waals surface area contributed by atoms with Crippen molar-refractivity contribution < 1.29 is 9.53 Å². The molecule has 1 heterocycles. The highest BCUT2D eigenvalue weighted by Crippen LogP contribution is 2.37. The summed E-state index contributed by atoms with van der Waals surface area (Å²) in [7, 11) is 1.89. The van der Waals surface area contributed by atoms with Gasteiger partial charge >= 0.3 is 5.97 Å². The topological polar surface area (TPSA) is 57.0 Å². The van der Waals surface area contributed by atoms with Crippen LogP contribution in [-0.4, -0.2) is 27.6 Å². The molecule has 0 fully saturated rings. The zero-order valence-electron chi connectivity index (χ0n) is 17.6. The lowest BCUT2D eigenvalue weighted by Gasteiger charge is -2.26. The fourth-order valence-corrected chi connectivity index (χ4v) is 4.00. The van der Waals surface area contributed by atoms with Crippen LogP contribution < -0.4 is 0 Å². The van der Waals surface area contributed by atoms with Gasteiger partial charge in [-0.25, -0.2) is 4.68 Å². The largest absolute Gasteiger partial charge is 0.466 e. The Labute approximate surface area is 166 Å². The van der Waals surface area contributed by atoms with Crippen LogP contribution in [0.25, 0.3) is 11.0 Å². The van der Waals surface area contributed by atoms with Crippen molar-refractivity contribution in [3.05, 3.63) is 58.1 Å². The van der Waals surface area contributed by atoms with Crippen LogP contribution in [0.5, 0.6) is 0 Å². The average molecular weight is 380 g/mol. The lowest BCUT2D eigenvalue weighted by Crippen LogP contribution is -2.23. The Kier molecular flexibility index (Phi) is 5.82. The van der Waals surface area contributed by atoms with E-state index in [2.05, 4.69) is 55.3 Å². The Bertz CT molecular complexity index is 1010. The van der Waals surface area contributed by atoms with Gasteiger partial charge in [-0.1, -0.05) is 43.3 Å². The van der Waals surface area contributed by atoms with E-state index < -0.39 is 0 Å². The minimum Gasteiger partial charge on any atom is -0.466 e. The van der Waals surface area contributed by atoms with Gasteiger partial charge in [-0.3, -0.25) is 4.79 Å². The second-order valence-electron chi connectivity index (χ2n) is 7.42. The summed E-state index contributed by atoms with van der Waals surface area (Å²) in [5.74, 6) is -0.582. The molecule has 0 aliphatic carbocycles. The van der Waals surface area contributed by atoms with Crippen molar-refractivity contribution in [2.45, 2.75) is 47.0 Å². The maximum atomic E-state index is 12.7. The molecule has 2 atom stereocenters. The third-order valence-electron chi connectivity index (χ3n) is 5.69. The molecule has 0 bridgehead atoms. The predicted molar refractivity (Wildman–Crippen MR) is 111 cm³/mol. The Hall–Kier alpha value is -2.69. The molecule has 3 aromatic rings. The quantitative estimate of drug-likeness (QED) is 0.593. The normalized spacial score (nSPS) is 13.5. The first kappa shape index (κ1) is 20.1. The van der Waals surface area contributed by atoms with Crippen molar-refractivity contribution >= 4 is 17.0 Å². The monoisotopic (exact) mass is 379 g/mol. The second-order valence-corrected chi connectivity index (χ2v) is 7.42. The number of ether oxygens (including phenoxy) is 1. The highest BCUT2D eigenvalue weighted by molar-refractivity contribution is 5.81. The maximum absolute atomic E-state index is 12.7. The third kappa shape index (κ3) is 3.53. The predicted octanol–water partition coefficient (Wildman–Crippen LogP) is 4.48. The molecule has 0 spiro atoms. The molecule has 5 heteroatoms. The summed E-state index contributed by atoms with van der Waals surface area (Å²) in [5.41, 5.74) is 7.73. The van der Waals surface area contributed by atoms with Crippen molar-refractivity contribution in [2.75, 3.05) is 6.61 Å². The molecule has 0 N–H and O–H groups in total. The minimum absolute atomic E-state index is 0.101. The van der Waals surface area contributed by atoms with Gasteiger partial charge in [-0.2, -0.15) is 0 Å². The van der Waals surface area contributed by atoms with Crippen LogP contribution in [0.15, 0.2) is 30.3 Å². The van der Waals surface area contributed by atoms with Gasteiger partial charge < -0.3 is 4.74 Å². The van der Waals surface area contributed by atoms with Gasteiger partial charge in [0, 0.05) is 13.0 Å². The van der Waals surface area contributed by atoms with E-state index >= 15 is 0 Å². The van der Waals surface area contributed by atoms with Crippen LogP contribution in [0.1, 0.15) is 54.5 Å². The molecule has 1 aromatic heterocycles. The van der Waals surface area contributed by atoms with Gasteiger partial charge in [0.15, 0.2) is 0 Å². The van der Waals surface area contributed by atoms with E-state index in [1.165, 1.54) is 11.1 Å². The van der Waals surface area contributed by atoms with E-state index in [0.29, 0.717) is 6.61 Å². The molecule has 0 saturated heterocycles. The third-order valence-corrected chi connectivity index (χ3v) is 5.69. The summed E-state index contributed by atoms with van der Waals surface area (Å²) in [5, 5.41) is 8.49. The molecule has 0 aliphatic rings. The molecule has 1 unspecified atom stereocenters. The zero-order valence-corrected chi connectivity index (χ0v) is 17.6. The number of hydrogen-bond donors (Lipinski definition) is 0. The molecule has 2 aromatic carbocycles. The van der Waals surface area contributed by atoms with Gasteiger partial charge in [0.1, 0.15) is 5.52 Å². The zero-order chi connectivity index (χ0) is 20.4. The van der Waals surface area contributed by atoms with Gasteiger partial charge in [-0.15, -0.1) is 5.10 Å². The SMILES string of the molecule is CCOC(=O)C(C)[C@H](c1ccc(C)c(CC)c1)c1ccc2c(nnn2C)c1C. The van der Waals surface area contributed by atoms with Gasteiger partial charge in [-0.05, 0) is 61.1 Å². The Morgan fingerprint density at radius 1 is 1.18 bits per heavy atom. The molecular formula is C23H29N3O2. The van der Waals surface area contributed by atoms with Crippen LogP contribution in [-0.2, 0) is 23.0 Å². The van der Waals surface area contributed by atoms with Gasteiger partial charge in [0.25, 0.3) is 0 Å². The molecule has 148 valence electrons. The van der Waals surface area contributed by atoms with E-state index in [1.807, 2.05) is 27.0 Å². The van der Waals surface area contributed by atoms with E-state index in [1.54, 1.807) is 4.68 Å². The number of benzene rings is 2. The van der Waals surface area contributed by atoms with Crippen LogP contribution in [0.2, 0.25) is 0 Å². The van der Waals surface area contributed by atoms with Crippen LogP contribution in [0, 0.1) is 19.8 Å². The average Bonchev–Trinajstić information content (AvgIpc) is 3.06. The second kappa shape index (κ2) is 8.13. The first-order valence-corrected chi connectivity index (χ1v) is 9.93. The molecule has 0 aliphatic heterocycles. The number of rotatable bonds is 6. The summed E-state index contributed by atoms with van der Waals surface area (Å²) in [6.45, 7) is 10.5. The number of carbonyl (C=O) groups is 1. The Morgan fingerprint density at radius 3 is 2.61 bits per heavy atom. The number of esters is 1. The summed E-state index contributed by atoms with van der Waals surface area (Å²) in [6.07, 6.45) is 0.961. The smallest absolute Gasteiger partial charge is 0.309 e. The summed E-state index contributed by atoms with van der Waals surface area (Å²) < 4.78 is 7.14. The van der Waals surface area contributed by atoms with Crippen LogP contribution >= 0.6 is 0 Å². The van der Waals surface area contributed by atoms with Crippen molar-refractivity contribution in [1.82, 2.24) is 15.0 Å². The van der Waals surface area contributed by atoms with Crippen LogP contribution in [0.3, 0.4) is 0 Å². The highest BCUT2D eigenvalue weighted by atomic mass is 16.5. The van der Waals surface area contributed by atoms with E-state index in [-0.39, 0.29) is 17.8 Å². The number of hydrogen-bond acceptors (Lipinski definition) is 4. The standard InChI is InChI=1S/C23H29N3O2/c1-7-17-13-18(10-9-14(17)3)21(16(5)23(27)28-8-2)19-11-12-20-22(15(19)4)24-25-26(20)6/h9-13,16,21H,7-8H2,1-6H3/t16?,21-/m1/s1. The molecule has 3 rings (SSSR count). The number of aryl methyl sites for hydroxylation is 4. The molecule has 0 saturated carbocycles. The lowest BCUT2D eigenvalue weighted by atomic mass is 9.78. The molecule has 28 heavy (non-hydrogen) atoms. The van der Waals surface area contributed by atoms with Gasteiger partial charge in [0.2, 0.25) is 0 Å². The first-order chi connectivity index (χ1) is 13.4. The Balaban J connectivity index is 2.19. The van der Waals surface area contributed by atoms with Crippen molar-refractivity contribution in [2.24, 2.45) is 13.0 Å². The maximum Gasteiger partial charge on any atom is 0.309 e. The summed E-state index contributed by atoms with van der Waals surface area (Å²) >= 11 is 0. The molecular weight excluding hydrogens is 350 g/mol. The first-order valence-electron chi connectivity index (χ1n) is 9.93. The van der Waals surface area contributed by atoms with Crippen molar-refractivity contribution in [3.8, 4) is 0 Å². The van der Waals surface area contributed by atoms with Crippen LogP contribution in [0.4, 0.5) is 0 Å². The number of fused-ring (bicyclic) bond motifs is 1. The van der Waals surface area contributed by atoms with Crippen molar-refractivity contribution in [1.29, 1.82) is 0 Å². The number of aromatic nitrogens is 3. The molecule has 0 radical (unpaired) electrons. The van der Waals surface area contributed by atoms with E-state index in [0.717, 1.165) is 34.1 Å². The minimum atomic E-state index is -0.305. The van der Waals surface area contributed by atoms with Gasteiger partial charge in [0.05, 0.1) is 18.0 Å². The molecule has 5 nitrogen and oxygen atoms in total. The highest BCUT2D eigenvalue weighted by Gasteiger charge is 2.30. The van der Waals surface area contributed by atoms with E-state index in [9.17, 15) is 4.79 Å². The molecule has 0 amide bonds. The number of carbonyl (C=O) groups excluding carboxylic acids is 1. The Morgan fingerprint density at radius 2 is 1.93 bits per heavy atom. The summed E-state index contributed by atoms with van der Waals surface area (Å²) in [4.78, 5) is 12.7. The fourth-order valence-electron chi connectivity index (χ4n) is 4.00. The number of nitrogens with zero attached hydrogens (tertiary/aromatic N) is 3. The fraction of sp³-hybridized carbons (Fsp3) is 0.435. The lowest BCUT2D eigenvalue weighted by molar-refractivity contribution is -0.147.